The van der Waals surface area contributed by atoms with E-state index in [0.717, 1.165) is 29.2 Å². The van der Waals surface area contributed by atoms with Crippen molar-refractivity contribution in [3.63, 3.8) is 0 Å². The summed E-state index contributed by atoms with van der Waals surface area (Å²) in [5.74, 6) is 0.931. The van der Waals surface area contributed by atoms with Gasteiger partial charge in [0.05, 0.1) is 6.04 Å². The third-order valence-electron chi connectivity index (χ3n) is 10.4. The summed E-state index contributed by atoms with van der Waals surface area (Å²) < 4.78 is 0. The van der Waals surface area contributed by atoms with Crippen LogP contribution in [0.15, 0.2) is 139 Å². The average Bonchev–Trinajstić information content (AvgIpc) is 3.13. The maximum atomic E-state index is 4.83. The molecule has 3 heteroatoms. The van der Waals surface area contributed by atoms with Gasteiger partial charge in [0.2, 0.25) is 0 Å². The Hall–Kier alpha value is -4.89. The van der Waals surface area contributed by atoms with Gasteiger partial charge in [-0.3, -0.25) is 4.90 Å². The van der Waals surface area contributed by atoms with E-state index in [1.54, 1.807) is 0 Å². The second-order valence-electron chi connectivity index (χ2n) is 13.9. The maximum Gasteiger partial charge on any atom is 0.137 e. The van der Waals surface area contributed by atoms with E-state index in [0.29, 0.717) is 0 Å². The monoisotopic (exact) mass is 629 g/mol. The van der Waals surface area contributed by atoms with E-state index in [2.05, 4.69) is 165 Å². The van der Waals surface area contributed by atoms with Crippen LogP contribution in [-0.4, -0.2) is 11.0 Å². The second kappa shape index (κ2) is 13.7. The van der Waals surface area contributed by atoms with Crippen LogP contribution in [0.3, 0.4) is 0 Å². The fourth-order valence-electron chi connectivity index (χ4n) is 7.63. The predicted octanol–water partition coefficient (Wildman–Crippen LogP) is 12.1. The number of hydrogen-bond acceptors (Lipinski definition) is 3. The molecule has 0 N–H and O–H groups in total. The Kier molecular flexibility index (Phi) is 9.04. The Morgan fingerprint density at radius 3 is 1.54 bits per heavy atom. The highest BCUT2D eigenvalue weighted by molar-refractivity contribution is 5.75. The fraction of sp³-hybridized carbons (Fsp3) is 0.267. The summed E-state index contributed by atoms with van der Waals surface area (Å²) in [6.07, 6.45) is 16.6. The van der Waals surface area contributed by atoms with Gasteiger partial charge in [0.15, 0.2) is 0 Å². The molecule has 242 valence electrons. The van der Waals surface area contributed by atoms with Crippen LogP contribution >= 0.6 is 0 Å². The van der Waals surface area contributed by atoms with Gasteiger partial charge in [0, 0.05) is 34.4 Å². The summed E-state index contributed by atoms with van der Waals surface area (Å²) in [5, 5.41) is 0. The highest BCUT2D eigenvalue weighted by Crippen LogP contribution is 2.48. The number of nitrogens with zero attached hydrogens (tertiary/aromatic N) is 3. The molecule has 0 spiro atoms. The number of aryl methyl sites for hydroxylation is 4. The van der Waals surface area contributed by atoms with Crippen LogP contribution in [0.2, 0.25) is 0 Å². The molecular formula is C45H47N3. The average molecular weight is 630 g/mol. The first-order valence-corrected chi connectivity index (χ1v) is 17.6. The summed E-state index contributed by atoms with van der Waals surface area (Å²) in [6, 6.07) is 40.6. The van der Waals surface area contributed by atoms with Crippen molar-refractivity contribution in [1.29, 1.82) is 0 Å². The van der Waals surface area contributed by atoms with E-state index in [1.165, 1.54) is 71.3 Å². The molecule has 1 unspecified atom stereocenters. The van der Waals surface area contributed by atoms with Crippen molar-refractivity contribution in [2.75, 3.05) is 9.80 Å². The third-order valence-corrected chi connectivity index (χ3v) is 10.4. The normalized spacial score (nSPS) is 17.1. The Balaban J connectivity index is 1.20. The van der Waals surface area contributed by atoms with E-state index >= 15 is 0 Å². The minimum absolute atomic E-state index is 0.0353. The van der Waals surface area contributed by atoms with Crippen LogP contribution in [-0.2, 0) is 5.41 Å². The van der Waals surface area contributed by atoms with Crippen LogP contribution in [0.5, 0.6) is 0 Å². The summed E-state index contributed by atoms with van der Waals surface area (Å²) in [5.41, 5.74) is 12.6. The first-order valence-electron chi connectivity index (χ1n) is 17.6. The molecule has 3 nitrogen and oxygen atoms in total. The standard InChI is InChI=1S/C45H47N3/c1-33-8-19-39(20-9-33)47(40-21-10-34(2)11-22-40)41-25-15-37(16-26-41)45(30-6-5-7-31-45)38-17-27-43(28-18-38)48(42-23-12-35(3)13-24-42)44-29-14-36(4)32-46-44/h8-25,27-29,32,41H,5-7,26,30-31H2,1-4H3. The Morgan fingerprint density at radius 2 is 1.06 bits per heavy atom. The van der Waals surface area contributed by atoms with Crippen molar-refractivity contribution in [2.45, 2.75) is 77.7 Å². The minimum atomic E-state index is 0.0353. The van der Waals surface area contributed by atoms with E-state index < -0.39 is 0 Å². The van der Waals surface area contributed by atoms with Gasteiger partial charge in [0.1, 0.15) is 5.82 Å². The molecule has 7 rings (SSSR count). The van der Waals surface area contributed by atoms with Crippen LogP contribution < -0.4 is 9.80 Å². The molecule has 0 saturated heterocycles. The number of pyridine rings is 1. The van der Waals surface area contributed by atoms with E-state index in [-0.39, 0.29) is 11.5 Å². The van der Waals surface area contributed by atoms with Crippen molar-refractivity contribution >= 4 is 28.6 Å². The molecular weight excluding hydrogens is 583 g/mol. The second-order valence-corrected chi connectivity index (χ2v) is 13.9. The molecule has 0 amide bonds. The summed E-state index contributed by atoms with van der Waals surface area (Å²) >= 11 is 0. The molecule has 48 heavy (non-hydrogen) atoms. The number of anilines is 5. The zero-order valence-corrected chi connectivity index (χ0v) is 28.9. The number of hydrogen-bond donors (Lipinski definition) is 0. The molecule has 0 aliphatic heterocycles. The Morgan fingerprint density at radius 1 is 0.562 bits per heavy atom. The van der Waals surface area contributed by atoms with Gasteiger partial charge in [-0.05, 0) is 118 Å². The highest BCUT2D eigenvalue weighted by atomic mass is 15.2. The lowest BCUT2D eigenvalue weighted by Crippen LogP contribution is -2.35. The smallest absolute Gasteiger partial charge is 0.137 e. The SMILES string of the molecule is Cc1ccc(N(c2ccc(C3(C4=CCC(N(c5ccc(C)cc5)c5ccc(C)cc5)C=C4)CCCCC3)cc2)c2ccc(C)cn2)cc1. The van der Waals surface area contributed by atoms with Crippen LogP contribution in [0.1, 0.15) is 66.3 Å². The van der Waals surface area contributed by atoms with Crippen molar-refractivity contribution < 1.29 is 0 Å². The van der Waals surface area contributed by atoms with Crippen molar-refractivity contribution in [2.24, 2.45) is 0 Å². The molecule has 1 heterocycles. The van der Waals surface area contributed by atoms with Crippen molar-refractivity contribution in [1.82, 2.24) is 4.98 Å². The topological polar surface area (TPSA) is 19.4 Å². The third kappa shape index (κ3) is 6.47. The molecule has 0 radical (unpaired) electrons. The summed E-state index contributed by atoms with van der Waals surface area (Å²) in [6.45, 7) is 8.54. The van der Waals surface area contributed by atoms with Gasteiger partial charge in [-0.2, -0.15) is 0 Å². The van der Waals surface area contributed by atoms with Crippen LogP contribution in [0, 0.1) is 27.7 Å². The lowest BCUT2D eigenvalue weighted by molar-refractivity contribution is 0.343. The molecule has 1 fully saturated rings. The Labute approximate surface area is 287 Å². The van der Waals surface area contributed by atoms with Gasteiger partial charge in [-0.15, -0.1) is 0 Å². The van der Waals surface area contributed by atoms with Gasteiger partial charge in [-0.1, -0.05) is 109 Å². The van der Waals surface area contributed by atoms with Crippen LogP contribution in [0.4, 0.5) is 28.6 Å². The maximum absolute atomic E-state index is 4.83. The number of rotatable bonds is 8. The molecule has 1 saturated carbocycles. The predicted molar refractivity (Wildman–Crippen MR) is 203 cm³/mol. The fourth-order valence-corrected chi connectivity index (χ4v) is 7.63. The molecule has 2 aliphatic rings. The highest BCUT2D eigenvalue weighted by Gasteiger charge is 2.38. The molecule has 4 aromatic carbocycles. The quantitative estimate of drug-likeness (QED) is 0.170. The number of aromatic nitrogens is 1. The lowest BCUT2D eigenvalue weighted by Gasteiger charge is -2.42. The van der Waals surface area contributed by atoms with Crippen molar-refractivity contribution in [3.05, 3.63) is 167 Å². The minimum Gasteiger partial charge on any atom is -0.334 e. The molecule has 0 bridgehead atoms. The number of allylic oxidation sites excluding steroid dienone is 2. The summed E-state index contributed by atoms with van der Waals surface area (Å²) in [7, 11) is 0. The Bertz CT molecular complexity index is 1780. The molecule has 1 atom stereocenters. The zero-order valence-electron chi connectivity index (χ0n) is 28.9. The summed E-state index contributed by atoms with van der Waals surface area (Å²) in [4.78, 5) is 9.60. The molecule has 1 aromatic heterocycles. The van der Waals surface area contributed by atoms with Gasteiger partial charge in [0.25, 0.3) is 0 Å². The van der Waals surface area contributed by atoms with Crippen LogP contribution in [0.25, 0.3) is 0 Å². The zero-order chi connectivity index (χ0) is 33.1. The van der Waals surface area contributed by atoms with E-state index in [9.17, 15) is 0 Å². The van der Waals surface area contributed by atoms with E-state index in [1.807, 2.05) is 6.20 Å². The molecule has 5 aromatic rings. The first kappa shape index (κ1) is 31.7. The van der Waals surface area contributed by atoms with Gasteiger partial charge >= 0.3 is 0 Å². The van der Waals surface area contributed by atoms with Gasteiger partial charge < -0.3 is 4.90 Å². The number of benzene rings is 4. The largest absolute Gasteiger partial charge is 0.334 e. The van der Waals surface area contributed by atoms with Crippen molar-refractivity contribution in [3.8, 4) is 0 Å². The molecule has 2 aliphatic carbocycles. The van der Waals surface area contributed by atoms with E-state index in [4.69, 9.17) is 4.98 Å². The lowest BCUT2D eigenvalue weighted by atomic mass is 9.64. The van der Waals surface area contributed by atoms with Gasteiger partial charge in [-0.25, -0.2) is 4.98 Å². The first-order chi connectivity index (χ1) is 23.4.